The van der Waals surface area contributed by atoms with Crippen LogP contribution < -0.4 is 10.1 Å². The normalized spacial score (nSPS) is 22.8. The van der Waals surface area contributed by atoms with Crippen molar-refractivity contribution in [3.05, 3.63) is 29.8 Å². The van der Waals surface area contributed by atoms with Gasteiger partial charge in [-0.25, -0.2) is 0 Å². The van der Waals surface area contributed by atoms with Crippen LogP contribution in [0.25, 0.3) is 0 Å². The highest BCUT2D eigenvalue weighted by Gasteiger charge is 2.34. The number of hydrogen-bond donors (Lipinski definition) is 2. The number of nitrogens with one attached hydrogen (secondary N) is 1. The second-order valence-corrected chi connectivity index (χ2v) is 8.11. The summed E-state index contributed by atoms with van der Waals surface area (Å²) in [6.45, 7) is 2.82. The third kappa shape index (κ3) is 5.23. The summed E-state index contributed by atoms with van der Waals surface area (Å²) in [5, 5.41) is 13.6. The minimum Gasteiger partial charge on any atom is -0.497 e. The smallest absolute Gasteiger partial charge is 0.225 e. The van der Waals surface area contributed by atoms with Crippen molar-refractivity contribution in [1.82, 2.24) is 15.1 Å². The highest BCUT2D eigenvalue weighted by molar-refractivity contribution is 5.83. The molecule has 0 saturated carbocycles. The molecule has 1 aromatic rings. The Labute approximate surface area is 166 Å². The zero-order valence-corrected chi connectivity index (χ0v) is 16.8. The second-order valence-electron chi connectivity index (χ2n) is 8.11. The van der Waals surface area contributed by atoms with Crippen molar-refractivity contribution < 1.29 is 19.4 Å². The van der Waals surface area contributed by atoms with Crippen molar-refractivity contribution >= 4 is 11.8 Å². The average Bonchev–Trinajstić information content (AvgIpc) is 2.70. The number of methoxy groups -OCH3 is 1. The maximum atomic E-state index is 12.7. The molecule has 0 spiro atoms. The number of piperidine rings is 2. The fourth-order valence-corrected chi connectivity index (χ4v) is 3.88. The molecule has 1 aromatic carbocycles. The molecule has 2 fully saturated rings. The minimum atomic E-state index is -0.826. The number of rotatable bonds is 6. The largest absolute Gasteiger partial charge is 0.497 e. The van der Waals surface area contributed by atoms with Gasteiger partial charge >= 0.3 is 0 Å². The molecule has 1 atom stereocenters. The van der Waals surface area contributed by atoms with E-state index in [-0.39, 0.29) is 24.3 Å². The summed E-state index contributed by atoms with van der Waals surface area (Å²) in [7, 11) is 3.65. The fraction of sp³-hybridized carbons (Fsp3) is 0.619. The Hall–Kier alpha value is -2.12. The van der Waals surface area contributed by atoms with Crippen molar-refractivity contribution in [2.75, 3.05) is 40.3 Å². The van der Waals surface area contributed by atoms with Gasteiger partial charge in [-0.05, 0) is 44.0 Å². The average molecular weight is 389 g/mol. The first-order valence-electron chi connectivity index (χ1n) is 9.98. The van der Waals surface area contributed by atoms with Crippen molar-refractivity contribution in [1.29, 1.82) is 0 Å². The highest BCUT2D eigenvalue weighted by atomic mass is 16.5. The first kappa shape index (κ1) is 20.6. The molecule has 2 aliphatic rings. The minimum absolute atomic E-state index is 0.0702. The molecule has 0 aromatic heterocycles. The molecule has 1 unspecified atom stereocenters. The van der Waals surface area contributed by atoms with Gasteiger partial charge in [-0.15, -0.1) is 0 Å². The van der Waals surface area contributed by atoms with Gasteiger partial charge in [-0.2, -0.15) is 0 Å². The molecule has 7 nitrogen and oxygen atoms in total. The molecule has 154 valence electrons. The Balaban J connectivity index is 1.54. The van der Waals surface area contributed by atoms with E-state index in [1.165, 1.54) is 0 Å². The summed E-state index contributed by atoms with van der Waals surface area (Å²) in [5.74, 6) is 0.511. The molecule has 2 amide bonds. The predicted molar refractivity (Wildman–Crippen MR) is 106 cm³/mol. The van der Waals surface area contributed by atoms with Gasteiger partial charge in [0.25, 0.3) is 0 Å². The van der Waals surface area contributed by atoms with Gasteiger partial charge in [-0.1, -0.05) is 12.1 Å². The lowest BCUT2D eigenvalue weighted by atomic mass is 9.90. The van der Waals surface area contributed by atoms with Crippen LogP contribution in [0.4, 0.5) is 0 Å². The maximum Gasteiger partial charge on any atom is 0.225 e. The number of carbonyl (C=O) groups excluding carboxylic acids is 2. The summed E-state index contributed by atoms with van der Waals surface area (Å²) in [4.78, 5) is 28.9. The van der Waals surface area contributed by atoms with E-state index in [1.807, 2.05) is 31.3 Å². The van der Waals surface area contributed by atoms with Crippen molar-refractivity contribution in [2.45, 2.75) is 37.8 Å². The van der Waals surface area contributed by atoms with Crippen molar-refractivity contribution in [3.8, 4) is 5.75 Å². The van der Waals surface area contributed by atoms with Crippen LogP contribution in [0.5, 0.6) is 5.75 Å². The fourth-order valence-electron chi connectivity index (χ4n) is 3.88. The van der Waals surface area contributed by atoms with Gasteiger partial charge in [0.05, 0.1) is 18.6 Å². The Bertz CT molecular complexity index is 701. The van der Waals surface area contributed by atoms with Crippen LogP contribution in [-0.4, -0.2) is 72.7 Å². The zero-order chi connectivity index (χ0) is 20.1. The lowest BCUT2D eigenvalue weighted by molar-refractivity contribution is -0.139. The molecule has 2 aliphatic heterocycles. The maximum absolute atomic E-state index is 12.7. The summed E-state index contributed by atoms with van der Waals surface area (Å²) in [6, 6.07) is 7.63. The first-order chi connectivity index (χ1) is 13.4. The summed E-state index contributed by atoms with van der Waals surface area (Å²) < 4.78 is 5.24. The number of likely N-dealkylation sites (tertiary alicyclic amines) is 2. The molecule has 7 heteroatoms. The number of ether oxygens (including phenoxy) is 1. The zero-order valence-electron chi connectivity index (χ0n) is 16.8. The van der Waals surface area contributed by atoms with Gasteiger partial charge in [0, 0.05) is 39.1 Å². The molecule has 0 radical (unpaired) electrons. The lowest BCUT2D eigenvalue weighted by Crippen LogP contribution is -2.52. The summed E-state index contributed by atoms with van der Waals surface area (Å²) in [6.07, 6.45) is 2.25. The molecule has 0 aliphatic carbocycles. The molecule has 2 saturated heterocycles. The monoisotopic (exact) mass is 389 g/mol. The second kappa shape index (κ2) is 8.92. The Morgan fingerprint density at radius 2 is 2.11 bits per heavy atom. The van der Waals surface area contributed by atoms with E-state index in [1.54, 1.807) is 12.0 Å². The number of hydrogen-bond acceptors (Lipinski definition) is 5. The van der Waals surface area contributed by atoms with E-state index in [0.29, 0.717) is 38.8 Å². The van der Waals surface area contributed by atoms with Crippen LogP contribution in [-0.2, 0) is 16.1 Å². The van der Waals surface area contributed by atoms with Crippen LogP contribution in [0, 0.1) is 5.92 Å². The number of carbonyl (C=O) groups is 2. The van der Waals surface area contributed by atoms with Crippen LogP contribution in [0.3, 0.4) is 0 Å². The lowest BCUT2D eigenvalue weighted by Gasteiger charge is -2.37. The van der Waals surface area contributed by atoms with E-state index in [9.17, 15) is 14.7 Å². The van der Waals surface area contributed by atoms with Crippen LogP contribution in [0.2, 0.25) is 0 Å². The van der Waals surface area contributed by atoms with Gasteiger partial charge in [0.15, 0.2) is 0 Å². The topological polar surface area (TPSA) is 82.1 Å². The highest BCUT2D eigenvalue weighted by Crippen LogP contribution is 2.23. The predicted octanol–water partition coefficient (Wildman–Crippen LogP) is 1.01. The molecular weight excluding hydrogens is 358 g/mol. The van der Waals surface area contributed by atoms with Gasteiger partial charge in [0.1, 0.15) is 5.75 Å². The third-order valence-corrected chi connectivity index (χ3v) is 5.89. The van der Waals surface area contributed by atoms with Gasteiger partial charge < -0.3 is 25.0 Å². The summed E-state index contributed by atoms with van der Waals surface area (Å²) in [5.41, 5.74) is 0.154. The molecule has 2 heterocycles. The number of benzene rings is 1. The van der Waals surface area contributed by atoms with Crippen LogP contribution >= 0.6 is 0 Å². The van der Waals surface area contributed by atoms with E-state index in [4.69, 9.17) is 4.74 Å². The van der Waals surface area contributed by atoms with Crippen LogP contribution in [0.15, 0.2) is 24.3 Å². The quantitative estimate of drug-likeness (QED) is 0.759. The number of nitrogens with zero attached hydrogens (tertiary/aromatic N) is 2. The molecule has 2 N–H and O–H groups in total. The SMILES string of the molecule is COc1cccc(CN2CC(C(=O)NCC3(O)CCN(C)CC3)CCC2=O)c1. The summed E-state index contributed by atoms with van der Waals surface area (Å²) >= 11 is 0. The van der Waals surface area contributed by atoms with Crippen molar-refractivity contribution in [3.63, 3.8) is 0 Å². The van der Waals surface area contributed by atoms with Crippen molar-refractivity contribution in [2.24, 2.45) is 5.92 Å². The van der Waals surface area contributed by atoms with E-state index >= 15 is 0 Å². The Morgan fingerprint density at radius 3 is 2.82 bits per heavy atom. The van der Waals surface area contributed by atoms with Gasteiger partial charge in [-0.3, -0.25) is 9.59 Å². The standard InChI is InChI=1S/C21H31N3O4/c1-23-10-8-21(27,9-11-23)15-22-20(26)17-6-7-19(25)24(14-17)13-16-4-3-5-18(12-16)28-2/h3-5,12,17,27H,6-11,13-15H2,1-2H3,(H,22,26). The number of aliphatic hydroxyl groups is 1. The van der Waals surface area contributed by atoms with Gasteiger partial charge in [0.2, 0.25) is 11.8 Å². The van der Waals surface area contributed by atoms with Crippen LogP contribution in [0.1, 0.15) is 31.2 Å². The molecule has 0 bridgehead atoms. The first-order valence-corrected chi connectivity index (χ1v) is 9.98. The Kier molecular flexibility index (Phi) is 6.57. The van der Waals surface area contributed by atoms with E-state index < -0.39 is 5.60 Å². The molecular formula is C21H31N3O4. The van der Waals surface area contributed by atoms with E-state index in [2.05, 4.69) is 10.2 Å². The molecule has 3 rings (SSSR count). The van der Waals surface area contributed by atoms with E-state index in [0.717, 1.165) is 24.4 Å². The molecule has 28 heavy (non-hydrogen) atoms. The number of amides is 2. The Morgan fingerprint density at radius 1 is 1.36 bits per heavy atom. The third-order valence-electron chi connectivity index (χ3n) is 5.89.